The van der Waals surface area contributed by atoms with Crippen LogP contribution in [0.3, 0.4) is 0 Å². The Kier molecular flexibility index (Phi) is 8.30. The van der Waals surface area contributed by atoms with Crippen LogP contribution in [0.1, 0.15) is 26.7 Å². The second-order valence-electron chi connectivity index (χ2n) is 6.39. The van der Waals surface area contributed by atoms with Crippen LogP contribution in [0.2, 0.25) is 0 Å². The predicted octanol–water partition coefficient (Wildman–Crippen LogP) is 3.10. The highest BCUT2D eigenvalue weighted by Crippen LogP contribution is 2.18. The van der Waals surface area contributed by atoms with Crippen molar-refractivity contribution in [3.05, 3.63) is 51.0 Å². The van der Waals surface area contributed by atoms with E-state index >= 15 is 0 Å². The minimum atomic E-state index is 0. The lowest BCUT2D eigenvalue weighted by Crippen LogP contribution is -2.42. The normalized spacial score (nSPS) is 14.5. The predicted molar refractivity (Wildman–Crippen MR) is 121 cm³/mol. The van der Waals surface area contributed by atoms with E-state index in [9.17, 15) is 0 Å². The zero-order valence-electron chi connectivity index (χ0n) is 15.7. The number of aromatic nitrogens is 1. The van der Waals surface area contributed by atoms with E-state index in [2.05, 4.69) is 56.7 Å². The average molecular weight is 485 g/mol. The first-order chi connectivity index (χ1) is 12.2. The molecule has 7 heteroatoms. The van der Waals surface area contributed by atoms with Crippen LogP contribution in [0.5, 0.6) is 0 Å². The number of nitrogens with one attached hydrogen (secondary N) is 2. The average Bonchev–Trinajstić information content (AvgIpc) is 2.95. The van der Waals surface area contributed by atoms with Crippen molar-refractivity contribution in [2.75, 3.05) is 26.7 Å². The molecule has 2 N–H and O–H groups in total. The van der Waals surface area contributed by atoms with Gasteiger partial charge in [0.1, 0.15) is 0 Å². The molecule has 0 amide bonds. The summed E-state index contributed by atoms with van der Waals surface area (Å²) in [6.45, 7) is 8.97. The molecule has 2 aromatic rings. The molecule has 0 unspecified atom stereocenters. The Morgan fingerprint density at radius 1 is 1.23 bits per heavy atom. The van der Waals surface area contributed by atoms with Crippen molar-refractivity contribution in [3.8, 4) is 0 Å². The van der Waals surface area contributed by atoms with Crippen LogP contribution < -0.4 is 10.6 Å². The number of halogens is 1. The van der Waals surface area contributed by atoms with E-state index in [1.165, 1.54) is 16.0 Å². The summed E-state index contributed by atoms with van der Waals surface area (Å²) in [4.78, 5) is 12.6. The Hall–Kier alpha value is -1.19. The van der Waals surface area contributed by atoms with Crippen LogP contribution in [-0.4, -0.2) is 42.5 Å². The summed E-state index contributed by atoms with van der Waals surface area (Å²) < 4.78 is 0. The molecule has 0 radical (unpaired) electrons. The van der Waals surface area contributed by atoms with Crippen molar-refractivity contribution < 1.29 is 0 Å². The van der Waals surface area contributed by atoms with Gasteiger partial charge in [-0.2, -0.15) is 0 Å². The highest BCUT2D eigenvalue weighted by Gasteiger charge is 2.15. The highest BCUT2D eigenvalue weighted by atomic mass is 127. The van der Waals surface area contributed by atoms with Crippen LogP contribution >= 0.6 is 35.3 Å². The van der Waals surface area contributed by atoms with Crippen molar-refractivity contribution in [2.24, 2.45) is 4.99 Å². The molecule has 0 atom stereocenters. The Bertz CT molecular complexity index is 743. The molecule has 1 aliphatic heterocycles. The summed E-state index contributed by atoms with van der Waals surface area (Å²) in [5.41, 5.74) is 4.07. The van der Waals surface area contributed by atoms with Gasteiger partial charge in [0, 0.05) is 38.1 Å². The maximum atomic E-state index is 4.47. The molecule has 0 saturated carbocycles. The maximum Gasteiger partial charge on any atom is 0.191 e. The van der Waals surface area contributed by atoms with Gasteiger partial charge in [-0.1, -0.05) is 24.3 Å². The van der Waals surface area contributed by atoms with E-state index in [4.69, 9.17) is 0 Å². The minimum absolute atomic E-state index is 0. The molecule has 0 bridgehead atoms. The molecule has 26 heavy (non-hydrogen) atoms. The summed E-state index contributed by atoms with van der Waals surface area (Å²) in [6, 6.07) is 8.77. The molecule has 142 valence electrons. The zero-order valence-corrected chi connectivity index (χ0v) is 18.9. The molecule has 2 heterocycles. The van der Waals surface area contributed by atoms with E-state index < -0.39 is 0 Å². The summed E-state index contributed by atoms with van der Waals surface area (Å²) in [6.07, 6.45) is 1.15. The number of thiazole rings is 1. The Balaban J connectivity index is 0.00000243. The molecule has 1 aliphatic rings. The van der Waals surface area contributed by atoms with Crippen molar-refractivity contribution >= 4 is 41.3 Å². The van der Waals surface area contributed by atoms with Crippen molar-refractivity contribution in [2.45, 2.75) is 33.4 Å². The van der Waals surface area contributed by atoms with Crippen molar-refractivity contribution in [1.82, 2.24) is 20.5 Å². The fraction of sp³-hybridized carbons (Fsp3) is 0.474. The fourth-order valence-electron chi connectivity index (χ4n) is 3.20. The largest absolute Gasteiger partial charge is 0.355 e. The van der Waals surface area contributed by atoms with E-state index in [1.807, 2.05) is 14.0 Å². The van der Waals surface area contributed by atoms with Crippen LogP contribution in [0, 0.1) is 13.8 Å². The number of guanidine groups is 1. The van der Waals surface area contributed by atoms with Gasteiger partial charge >= 0.3 is 0 Å². The van der Waals surface area contributed by atoms with Crippen LogP contribution in [0.15, 0.2) is 29.3 Å². The van der Waals surface area contributed by atoms with Gasteiger partial charge in [0.15, 0.2) is 5.96 Å². The number of aliphatic imine (C=N–C) groups is 1. The number of fused-ring (bicyclic) bond motifs is 1. The molecule has 1 aromatic heterocycles. The molecule has 0 spiro atoms. The molecule has 5 nitrogen and oxygen atoms in total. The summed E-state index contributed by atoms with van der Waals surface area (Å²) in [7, 11) is 1.82. The first kappa shape index (κ1) is 21.1. The van der Waals surface area contributed by atoms with Crippen LogP contribution in [0.25, 0.3) is 0 Å². The molecule has 1 aromatic carbocycles. The molecule has 3 rings (SSSR count). The number of aryl methyl sites for hydroxylation is 2. The number of hydrogen-bond acceptors (Lipinski definition) is 4. The standard InChI is InChI=1S/C19H27N5S.HI/c1-14-18(25-15(2)23-14)12-22-19(20-3)21-9-11-24-10-8-16-6-4-5-7-17(16)13-24;/h4-7H,8-13H2,1-3H3,(H2,20,21,22);1H. The van der Waals surface area contributed by atoms with Gasteiger partial charge in [-0.3, -0.25) is 9.89 Å². The molecule has 0 saturated heterocycles. The Labute approximate surface area is 177 Å². The zero-order chi connectivity index (χ0) is 17.6. The van der Waals surface area contributed by atoms with Crippen LogP contribution in [-0.2, 0) is 19.5 Å². The summed E-state index contributed by atoms with van der Waals surface area (Å²) >= 11 is 1.74. The lowest BCUT2D eigenvalue weighted by molar-refractivity contribution is 0.258. The molecular weight excluding hydrogens is 457 g/mol. The highest BCUT2D eigenvalue weighted by molar-refractivity contribution is 14.0. The third kappa shape index (κ3) is 5.65. The first-order valence-electron chi connectivity index (χ1n) is 8.82. The van der Waals surface area contributed by atoms with E-state index in [0.717, 1.165) is 55.8 Å². The number of hydrogen-bond donors (Lipinski definition) is 2. The summed E-state index contributed by atoms with van der Waals surface area (Å²) in [5, 5.41) is 7.92. The monoisotopic (exact) mass is 485 g/mol. The Morgan fingerprint density at radius 3 is 2.69 bits per heavy atom. The van der Waals surface area contributed by atoms with Crippen LogP contribution in [0.4, 0.5) is 0 Å². The minimum Gasteiger partial charge on any atom is -0.355 e. The van der Waals surface area contributed by atoms with Gasteiger partial charge in [-0.25, -0.2) is 4.98 Å². The number of nitrogens with zero attached hydrogens (tertiary/aromatic N) is 3. The van der Waals surface area contributed by atoms with Gasteiger partial charge in [0.2, 0.25) is 0 Å². The van der Waals surface area contributed by atoms with Gasteiger partial charge in [-0.15, -0.1) is 35.3 Å². The Morgan fingerprint density at radius 2 is 2.00 bits per heavy atom. The third-order valence-electron chi connectivity index (χ3n) is 4.57. The van der Waals surface area contributed by atoms with Gasteiger partial charge in [-0.05, 0) is 31.4 Å². The molecule has 0 fully saturated rings. The number of benzene rings is 1. The van der Waals surface area contributed by atoms with E-state index in [1.54, 1.807) is 11.3 Å². The second kappa shape index (κ2) is 10.2. The number of rotatable bonds is 5. The van der Waals surface area contributed by atoms with Crippen molar-refractivity contribution in [1.29, 1.82) is 0 Å². The quantitative estimate of drug-likeness (QED) is 0.389. The van der Waals surface area contributed by atoms with Gasteiger partial charge in [0.05, 0.1) is 17.2 Å². The molecule has 0 aliphatic carbocycles. The van der Waals surface area contributed by atoms with Crippen molar-refractivity contribution in [3.63, 3.8) is 0 Å². The molecular formula is C19H28IN5S. The lowest BCUT2D eigenvalue weighted by Gasteiger charge is -2.28. The van der Waals surface area contributed by atoms with E-state index in [0.29, 0.717) is 0 Å². The van der Waals surface area contributed by atoms with Gasteiger partial charge < -0.3 is 10.6 Å². The fourth-order valence-corrected chi connectivity index (χ4v) is 4.08. The first-order valence-corrected chi connectivity index (χ1v) is 9.64. The second-order valence-corrected chi connectivity index (χ2v) is 7.68. The smallest absolute Gasteiger partial charge is 0.191 e. The third-order valence-corrected chi connectivity index (χ3v) is 5.64. The SMILES string of the molecule is CN=C(NCCN1CCc2ccccc2C1)NCc1sc(C)nc1C.I. The topological polar surface area (TPSA) is 52.6 Å². The summed E-state index contributed by atoms with van der Waals surface area (Å²) in [5.74, 6) is 0.850. The maximum absolute atomic E-state index is 4.47. The van der Waals surface area contributed by atoms with E-state index in [-0.39, 0.29) is 24.0 Å². The van der Waals surface area contributed by atoms with Gasteiger partial charge in [0.25, 0.3) is 0 Å². The lowest BCUT2D eigenvalue weighted by atomic mass is 10.00.